The lowest BCUT2D eigenvalue weighted by atomic mass is 10.0. The molecule has 1 heterocycles. The molecule has 2 aromatic carbocycles. The van der Waals surface area contributed by atoms with Crippen molar-refractivity contribution in [1.82, 2.24) is 15.1 Å². The molecule has 7 heteroatoms. The fourth-order valence-electron chi connectivity index (χ4n) is 3.22. The van der Waals surface area contributed by atoms with Crippen molar-refractivity contribution in [2.45, 2.75) is 26.8 Å². The van der Waals surface area contributed by atoms with E-state index in [0.29, 0.717) is 17.0 Å². The minimum absolute atomic E-state index is 0.146. The number of ether oxygens (including phenoxy) is 1. The quantitative estimate of drug-likeness (QED) is 0.647. The van der Waals surface area contributed by atoms with Crippen LogP contribution < -0.4 is 5.32 Å². The number of para-hydroxylation sites is 1. The monoisotopic (exact) mass is 395 g/mol. The van der Waals surface area contributed by atoms with Gasteiger partial charge in [-0.05, 0) is 45.0 Å². The van der Waals surface area contributed by atoms with Gasteiger partial charge in [0.05, 0.1) is 23.6 Å². The second kappa shape index (κ2) is 8.68. The molecule has 29 heavy (non-hydrogen) atoms. The van der Waals surface area contributed by atoms with Crippen LogP contribution in [0.1, 0.15) is 40.3 Å². The summed E-state index contributed by atoms with van der Waals surface area (Å²) < 4.78 is 20.9. The Morgan fingerprint density at radius 1 is 1.10 bits per heavy atom. The molecule has 0 saturated carbocycles. The van der Waals surface area contributed by atoms with Crippen LogP contribution in [0, 0.1) is 19.7 Å². The predicted molar refractivity (Wildman–Crippen MR) is 106 cm³/mol. The molecule has 0 fully saturated rings. The summed E-state index contributed by atoms with van der Waals surface area (Å²) in [4.78, 5) is 25.3. The molecule has 1 N–H and O–H groups in total. The van der Waals surface area contributed by atoms with Gasteiger partial charge < -0.3 is 10.1 Å². The van der Waals surface area contributed by atoms with Gasteiger partial charge >= 0.3 is 5.97 Å². The largest absolute Gasteiger partial charge is 0.464 e. The van der Waals surface area contributed by atoms with Crippen molar-refractivity contribution in [3.8, 4) is 5.69 Å². The van der Waals surface area contributed by atoms with Gasteiger partial charge in [0.1, 0.15) is 5.82 Å². The zero-order valence-electron chi connectivity index (χ0n) is 16.5. The third kappa shape index (κ3) is 4.18. The van der Waals surface area contributed by atoms with Crippen molar-refractivity contribution < 1.29 is 18.7 Å². The maximum absolute atomic E-state index is 14.0. The van der Waals surface area contributed by atoms with E-state index in [4.69, 9.17) is 4.74 Å². The minimum Gasteiger partial charge on any atom is -0.464 e. The molecule has 6 nitrogen and oxygen atoms in total. The number of nitrogens with one attached hydrogen (secondary N) is 1. The van der Waals surface area contributed by atoms with Gasteiger partial charge in [-0.1, -0.05) is 30.3 Å². The molecule has 0 radical (unpaired) electrons. The molecule has 0 saturated heterocycles. The summed E-state index contributed by atoms with van der Waals surface area (Å²) in [5.74, 6) is -2.00. The van der Waals surface area contributed by atoms with Crippen molar-refractivity contribution >= 4 is 11.9 Å². The predicted octanol–water partition coefficient (Wildman–Crippen LogP) is 3.66. The third-order valence-corrected chi connectivity index (χ3v) is 4.55. The van der Waals surface area contributed by atoms with Crippen LogP contribution >= 0.6 is 0 Å². The standard InChI is InChI=1S/C22H22FN3O3/c1-4-29-22(28)20(24-21(27)17-12-8-9-13-18(17)23)19-14(2)25-26(15(19)3)16-10-6-5-7-11-16/h5-13,20H,4H2,1-3H3,(H,24,27). The van der Waals surface area contributed by atoms with E-state index in [9.17, 15) is 14.0 Å². The Balaban J connectivity index is 2.02. The first-order chi connectivity index (χ1) is 13.9. The van der Waals surface area contributed by atoms with Crippen LogP contribution in [-0.2, 0) is 9.53 Å². The highest BCUT2D eigenvalue weighted by atomic mass is 19.1. The number of hydrogen-bond donors (Lipinski definition) is 1. The SMILES string of the molecule is CCOC(=O)C(NC(=O)c1ccccc1F)c1c(C)nn(-c2ccccc2)c1C. The van der Waals surface area contributed by atoms with Gasteiger partial charge in [0.2, 0.25) is 0 Å². The van der Waals surface area contributed by atoms with Gasteiger partial charge in [-0.15, -0.1) is 0 Å². The number of hydrogen-bond acceptors (Lipinski definition) is 4. The van der Waals surface area contributed by atoms with E-state index in [1.165, 1.54) is 18.2 Å². The lowest BCUT2D eigenvalue weighted by Gasteiger charge is -2.18. The van der Waals surface area contributed by atoms with Gasteiger partial charge in [-0.3, -0.25) is 4.79 Å². The van der Waals surface area contributed by atoms with Crippen molar-refractivity contribution in [2.24, 2.45) is 0 Å². The number of halogens is 1. The molecule has 1 amide bonds. The summed E-state index contributed by atoms with van der Waals surface area (Å²) in [5, 5.41) is 7.14. The van der Waals surface area contributed by atoms with Gasteiger partial charge in [-0.25, -0.2) is 13.9 Å². The Labute approximate surface area is 168 Å². The molecule has 0 aliphatic rings. The molecule has 0 aliphatic heterocycles. The summed E-state index contributed by atoms with van der Waals surface area (Å²) in [6, 6.07) is 13.9. The number of carbonyl (C=O) groups is 2. The number of aryl methyl sites for hydroxylation is 1. The van der Waals surface area contributed by atoms with Crippen LogP contribution in [0.15, 0.2) is 54.6 Å². The summed E-state index contributed by atoms with van der Waals surface area (Å²) in [6.07, 6.45) is 0. The van der Waals surface area contributed by atoms with E-state index in [0.717, 1.165) is 5.69 Å². The molecular weight excluding hydrogens is 373 g/mol. The van der Waals surface area contributed by atoms with Gasteiger partial charge in [0, 0.05) is 11.3 Å². The Morgan fingerprint density at radius 2 is 1.76 bits per heavy atom. The van der Waals surface area contributed by atoms with Crippen LogP contribution in [-0.4, -0.2) is 28.3 Å². The number of nitrogens with zero attached hydrogens (tertiary/aromatic N) is 2. The first-order valence-corrected chi connectivity index (χ1v) is 9.27. The molecule has 3 aromatic rings. The first kappa shape index (κ1) is 20.3. The Morgan fingerprint density at radius 3 is 2.41 bits per heavy atom. The highest BCUT2D eigenvalue weighted by Gasteiger charge is 2.31. The number of rotatable bonds is 6. The Kier molecular flexibility index (Phi) is 6.07. The molecule has 1 aromatic heterocycles. The zero-order chi connectivity index (χ0) is 21.0. The average molecular weight is 395 g/mol. The van der Waals surface area contributed by atoms with E-state index >= 15 is 0 Å². The highest BCUT2D eigenvalue weighted by Crippen LogP contribution is 2.26. The minimum atomic E-state index is -1.11. The van der Waals surface area contributed by atoms with Crippen molar-refractivity contribution in [1.29, 1.82) is 0 Å². The average Bonchev–Trinajstić information content (AvgIpc) is 3.01. The molecule has 1 unspecified atom stereocenters. The molecule has 0 spiro atoms. The molecule has 150 valence electrons. The lowest BCUT2D eigenvalue weighted by molar-refractivity contribution is -0.145. The Bertz CT molecular complexity index is 1030. The van der Waals surface area contributed by atoms with E-state index < -0.39 is 23.7 Å². The van der Waals surface area contributed by atoms with Crippen LogP contribution in [0.25, 0.3) is 5.69 Å². The van der Waals surface area contributed by atoms with E-state index in [-0.39, 0.29) is 12.2 Å². The van der Waals surface area contributed by atoms with Crippen molar-refractivity contribution in [2.75, 3.05) is 6.61 Å². The fraction of sp³-hybridized carbons (Fsp3) is 0.227. The maximum Gasteiger partial charge on any atom is 0.333 e. The number of benzene rings is 2. The van der Waals surface area contributed by atoms with E-state index in [1.54, 1.807) is 24.6 Å². The lowest BCUT2D eigenvalue weighted by Crippen LogP contribution is -2.36. The number of aromatic nitrogens is 2. The van der Waals surface area contributed by atoms with Crippen molar-refractivity contribution in [3.05, 3.63) is 82.9 Å². The summed E-state index contributed by atoms with van der Waals surface area (Å²) in [5.41, 5.74) is 2.45. The topological polar surface area (TPSA) is 73.2 Å². The van der Waals surface area contributed by atoms with Crippen LogP contribution in [0.2, 0.25) is 0 Å². The fourth-order valence-corrected chi connectivity index (χ4v) is 3.22. The molecular formula is C22H22FN3O3. The molecule has 0 bridgehead atoms. The number of carbonyl (C=O) groups excluding carboxylic acids is 2. The second-order valence-electron chi connectivity index (χ2n) is 6.47. The van der Waals surface area contributed by atoms with Crippen LogP contribution in [0.5, 0.6) is 0 Å². The van der Waals surface area contributed by atoms with Gasteiger partial charge in [0.25, 0.3) is 5.91 Å². The van der Waals surface area contributed by atoms with Crippen molar-refractivity contribution in [3.63, 3.8) is 0 Å². The normalized spacial score (nSPS) is 11.7. The third-order valence-electron chi connectivity index (χ3n) is 4.55. The van der Waals surface area contributed by atoms with Crippen LogP contribution in [0.4, 0.5) is 4.39 Å². The molecule has 0 aliphatic carbocycles. The smallest absolute Gasteiger partial charge is 0.333 e. The highest BCUT2D eigenvalue weighted by molar-refractivity contribution is 5.97. The van der Waals surface area contributed by atoms with E-state index in [1.807, 2.05) is 37.3 Å². The number of esters is 1. The van der Waals surface area contributed by atoms with Gasteiger partial charge in [-0.2, -0.15) is 5.10 Å². The summed E-state index contributed by atoms with van der Waals surface area (Å²) in [7, 11) is 0. The first-order valence-electron chi connectivity index (χ1n) is 9.27. The zero-order valence-corrected chi connectivity index (χ0v) is 16.5. The van der Waals surface area contributed by atoms with Gasteiger partial charge in [0.15, 0.2) is 6.04 Å². The second-order valence-corrected chi connectivity index (χ2v) is 6.47. The Hall–Kier alpha value is -3.48. The summed E-state index contributed by atoms with van der Waals surface area (Å²) >= 11 is 0. The molecule has 3 rings (SSSR count). The summed E-state index contributed by atoms with van der Waals surface area (Å²) in [6.45, 7) is 5.39. The maximum atomic E-state index is 14.0. The van der Waals surface area contributed by atoms with E-state index in [2.05, 4.69) is 10.4 Å². The van der Waals surface area contributed by atoms with Crippen LogP contribution in [0.3, 0.4) is 0 Å². The number of amides is 1. The molecule has 1 atom stereocenters.